The van der Waals surface area contributed by atoms with Gasteiger partial charge in [0.1, 0.15) is 23.3 Å². The third kappa shape index (κ3) is 5.97. The Bertz CT molecular complexity index is 1540. The van der Waals surface area contributed by atoms with E-state index >= 15 is 4.39 Å². The van der Waals surface area contributed by atoms with Crippen molar-refractivity contribution in [2.45, 2.75) is 12.6 Å². The zero-order valence-corrected chi connectivity index (χ0v) is 22.1. The number of benzene rings is 1. The highest BCUT2D eigenvalue weighted by atomic mass is 35.5. The molecule has 0 amide bonds. The summed E-state index contributed by atoms with van der Waals surface area (Å²) < 4.78 is 57.6. The molecule has 0 bridgehead atoms. The molecule has 0 spiro atoms. The standard InChI is InChI=1S/C25H24ClF2N7O3S/c26-17-12-14(13-30-23(17)29)24-33-20-5-4-19(32-22(20)25(34-24)35-8-10-38-11-9-35)16-3-1-2-15(21(16)28)18(27)6-7-31-39(36)37/h1-5,12-13,18,31H,6-11H2,(H2,29,30)(H,36,37). The number of halogens is 3. The van der Waals surface area contributed by atoms with Gasteiger partial charge in [-0.25, -0.2) is 37.6 Å². The molecule has 1 fully saturated rings. The van der Waals surface area contributed by atoms with Crippen LogP contribution in [0.2, 0.25) is 5.02 Å². The van der Waals surface area contributed by atoms with Gasteiger partial charge in [-0.15, -0.1) is 0 Å². The van der Waals surface area contributed by atoms with Crippen LogP contribution >= 0.6 is 11.6 Å². The third-order valence-electron chi connectivity index (χ3n) is 6.23. The van der Waals surface area contributed by atoms with Crippen molar-refractivity contribution in [2.24, 2.45) is 0 Å². The van der Waals surface area contributed by atoms with E-state index in [4.69, 9.17) is 36.6 Å². The van der Waals surface area contributed by atoms with Gasteiger partial charge in [0.2, 0.25) is 11.3 Å². The van der Waals surface area contributed by atoms with Crippen molar-refractivity contribution >= 4 is 45.5 Å². The average Bonchev–Trinajstić information content (AvgIpc) is 2.94. The number of nitrogens with one attached hydrogen (secondary N) is 1. The lowest BCUT2D eigenvalue weighted by Gasteiger charge is -2.28. The molecule has 1 aliphatic heterocycles. The monoisotopic (exact) mass is 575 g/mol. The van der Waals surface area contributed by atoms with Crippen LogP contribution < -0.4 is 15.4 Å². The summed E-state index contributed by atoms with van der Waals surface area (Å²) in [4.78, 5) is 20.2. The van der Waals surface area contributed by atoms with Crippen molar-refractivity contribution in [1.29, 1.82) is 0 Å². The summed E-state index contributed by atoms with van der Waals surface area (Å²) in [6.45, 7) is 2.04. The molecular weight excluding hydrogens is 552 g/mol. The highest BCUT2D eigenvalue weighted by Gasteiger charge is 2.22. The number of pyridine rings is 2. The van der Waals surface area contributed by atoms with Crippen LogP contribution in [0.15, 0.2) is 42.6 Å². The Balaban J connectivity index is 1.57. The van der Waals surface area contributed by atoms with E-state index < -0.39 is 23.3 Å². The fourth-order valence-electron chi connectivity index (χ4n) is 4.26. The van der Waals surface area contributed by atoms with Gasteiger partial charge in [-0.1, -0.05) is 23.7 Å². The van der Waals surface area contributed by atoms with E-state index in [1.54, 1.807) is 24.3 Å². The number of ether oxygens (including phenoxy) is 1. The number of rotatable bonds is 8. The zero-order valence-electron chi connectivity index (χ0n) is 20.5. The second-order valence-corrected chi connectivity index (χ2v) is 9.93. The maximum atomic E-state index is 15.5. The summed E-state index contributed by atoms with van der Waals surface area (Å²) >= 11 is 3.91. The number of nitrogens with two attached hydrogens (primary N) is 1. The Hall–Kier alpha value is -3.36. The van der Waals surface area contributed by atoms with Gasteiger partial charge >= 0.3 is 0 Å². The van der Waals surface area contributed by atoms with Crippen LogP contribution in [0.1, 0.15) is 18.2 Å². The lowest BCUT2D eigenvalue weighted by atomic mass is 10.0. The number of hydrogen-bond acceptors (Lipinski definition) is 8. The Morgan fingerprint density at radius 2 is 2.00 bits per heavy atom. The number of aromatic nitrogens is 4. The molecule has 0 aliphatic carbocycles. The van der Waals surface area contributed by atoms with Gasteiger partial charge in [-0.2, -0.15) is 0 Å². The lowest BCUT2D eigenvalue weighted by Crippen LogP contribution is -2.37. The highest BCUT2D eigenvalue weighted by Crippen LogP contribution is 2.34. The van der Waals surface area contributed by atoms with Crippen LogP contribution in [-0.4, -0.2) is 61.5 Å². The summed E-state index contributed by atoms with van der Waals surface area (Å²) in [5, 5.41) is 0.277. The summed E-state index contributed by atoms with van der Waals surface area (Å²) in [7, 11) is 0. The number of nitrogen functional groups attached to an aromatic ring is 1. The first-order valence-electron chi connectivity index (χ1n) is 12.0. The van der Waals surface area contributed by atoms with Crippen LogP contribution in [0.25, 0.3) is 33.7 Å². The Morgan fingerprint density at radius 3 is 2.74 bits per heavy atom. The first-order chi connectivity index (χ1) is 18.8. The maximum Gasteiger partial charge on any atom is 0.231 e. The molecule has 14 heteroatoms. The van der Waals surface area contributed by atoms with E-state index in [-0.39, 0.29) is 40.6 Å². The van der Waals surface area contributed by atoms with E-state index in [9.17, 15) is 8.60 Å². The van der Waals surface area contributed by atoms with Crippen LogP contribution in [0.4, 0.5) is 20.4 Å². The summed E-state index contributed by atoms with van der Waals surface area (Å²) in [5.41, 5.74) is 7.53. The van der Waals surface area contributed by atoms with Crippen molar-refractivity contribution in [1.82, 2.24) is 24.7 Å². The Kier molecular flexibility index (Phi) is 8.23. The molecule has 2 unspecified atom stereocenters. The maximum absolute atomic E-state index is 15.5. The molecule has 0 radical (unpaired) electrons. The van der Waals surface area contributed by atoms with E-state index in [0.717, 1.165) is 0 Å². The molecule has 39 heavy (non-hydrogen) atoms. The van der Waals surface area contributed by atoms with Gasteiger partial charge in [-0.3, -0.25) is 4.55 Å². The van der Waals surface area contributed by atoms with Crippen LogP contribution in [-0.2, 0) is 16.0 Å². The Labute approximate surface area is 230 Å². The summed E-state index contributed by atoms with van der Waals surface area (Å²) in [6, 6.07) is 9.37. The highest BCUT2D eigenvalue weighted by molar-refractivity contribution is 7.77. The molecule has 4 heterocycles. The predicted octanol–water partition coefficient (Wildman–Crippen LogP) is 4.09. The molecule has 0 saturated carbocycles. The quantitative estimate of drug-likeness (QED) is 0.265. The number of nitrogens with zero attached hydrogens (tertiary/aromatic N) is 5. The van der Waals surface area contributed by atoms with Gasteiger partial charge in [-0.05, 0) is 30.7 Å². The molecule has 4 N–H and O–H groups in total. The minimum absolute atomic E-state index is 0.0977. The molecule has 1 aliphatic rings. The van der Waals surface area contributed by atoms with Crippen LogP contribution in [0, 0.1) is 5.82 Å². The van der Waals surface area contributed by atoms with Gasteiger partial charge in [0.25, 0.3) is 0 Å². The van der Waals surface area contributed by atoms with Gasteiger partial charge < -0.3 is 15.4 Å². The number of hydrogen-bond donors (Lipinski definition) is 3. The SMILES string of the molecule is Nc1ncc(-c2nc(N3CCOCC3)c3nc(-c4cccc(C(F)CCNS(=O)O)c4F)ccc3n2)cc1Cl. The van der Waals surface area contributed by atoms with Crippen LogP contribution in [0.3, 0.4) is 0 Å². The minimum Gasteiger partial charge on any atom is -0.382 e. The van der Waals surface area contributed by atoms with E-state index in [0.29, 0.717) is 54.5 Å². The summed E-state index contributed by atoms with van der Waals surface area (Å²) in [5.74, 6) is 0.352. The largest absolute Gasteiger partial charge is 0.382 e. The first-order valence-corrected chi connectivity index (χ1v) is 13.5. The van der Waals surface area contributed by atoms with Gasteiger partial charge in [0, 0.05) is 42.5 Å². The molecule has 1 aromatic carbocycles. The molecule has 10 nitrogen and oxygen atoms in total. The van der Waals surface area contributed by atoms with Crippen molar-refractivity contribution in [2.75, 3.05) is 43.5 Å². The fourth-order valence-corrected chi connectivity index (χ4v) is 4.72. The van der Waals surface area contributed by atoms with E-state index in [2.05, 4.69) is 14.7 Å². The third-order valence-corrected chi connectivity index (χ3v) is 6.98. The number of morpholine rings is 1. The number of alkyl halides is 1. The average molecular weight is 576 g/mol. The molecular formula is C25H24ClF2N7O3S. The molecule has 204 valence electrons. The number of fused-ring (bicyclic) bond motifs is 1. The zero-order chi connectivity index (χ0) is 27.5. The van der Waals surface area contributed by atoms with Crippen molar-refractivity contribution in [3.63, 3.8) is 0 Å². The smallest absolute Gasteiger partial charge is 0.231 e. The van der Waals surface area contributed by atoms with Crippen LogP contribution in [0.5, 0.6) is 0 Å². The second-order valence-electron chi connectivity index (χ2n) is 8.73. The first kappa shape index (κ1) is 27.2. The van der Waals surface area contributed by atoms with E-state index in [1.807, 2.05) is 4.90 Å². The van der Waals surface area contributed by atoms with E-state index in [1.165, 1.54) is 18.3 Å². The summed E-state index contributed by atoms with van der Waals surface area (Å²) in [6.07, 6.45) is -0.328. The lowest BCUT2D eigenvalue weighted by molar-refractivity contribution is 0.122. The van der Waals surface area contributed by atoms with Gasteiger partial charge in [0.15, 0.2) is 11.6 Å². The molecule has 3 aromatic heterocycles. The minimum atomic E-state index is -2.27. The second kappa shape index (κ2) is 11.8. The predicted molar refractivity (Wildman–Crippen MR) is 146 cm³/mol. The topological polar surface area (TPSA) is 139 Å². The molecule has 4 aromatic rings. The fraction of sp³-hybridized carbons (Fsp3) is 0.280. The Morgan fingerprint density at radius 1 is 1.21 bits per heavy atom. The van der Waals surface area contributed by atoms with Crippen molar-refractivity contribution in [3.8, 4) is 22.6 Å². The molecule has 2 atom stereocenters. The number of anilines is 2. The molecule has 5 rings (SSSR count). The van der Waals surface area contributed by atoms with Gasteiger partial charge in [0.05, 0.1) is 29.4 Å². The molecule has 1 saturated heterocycles. The van der Waals surface area contributed by atoms with Crippen molar-refractivity contribution in [3.05, 3.63) is 59.0 Å². The normalized spacial score (nSPS) is 15.4. The van der Waals surface area contributed by atoms with Crippen molar-refractivity contribution < 1.29 is 22.3 Å².